The van der Waals surface area contributed by atoms with Crippen LogP contribution in [0.1, 0.15) is 40.0 Å². The summed E-state index contributed by atoms with van der Waals surface area (Å²) in [6.07, 6.45) is 0.917. The Morgan fingerprint density at radius 3 is 2.21 bits per heavy atom. The van der Waals surface area contributed by atoms with Crippen molar-refractivity contribution in [2.45, 2.75) is 52.0 Å². The van der Waals surface area contributed by atoms with Gasteiger partial charge in [0.1, 0.15) is 0 Å². The molecule has 0 amide bonds. The third kappa shape index (κ3) is 2.91. The smallest absolute Gasteiger partial charge is 0.249 e. The molecular weight excluding hydrogens is 184 g/mol. The maximum Gasteiger partial charge on any atom is 0.249 e. The fourth-order valence-corrected chi connectivity index (χ4v) is 2.19. The second-order valence-electron chi connectivity index (χ2n) is 5.55. The van der Waals surface area contributed by atoms with Crippen LogP contribution in [0.5, 0.6) is 0 Å². The molecule has 1 N–H and O–H groups in total. The molecule has 1 nitrogen and oxygen atoms in total. The molecule has 1 rings (SSSR count). The van der Waals surface area contributed by atoms with Crippen LogP contribution in [0.25, 0.3) is 0 Å². The Bertz CT molecular complexity index is 196. The van der Waals surface area contributed by atoms with E-state index >= 15 is 0 Å². The number of nitrogens with one attached hydrogen (secondary N) is 1. The number of hydrogen-bond donors (Lipinski definition) is 1. The van der Waals surface area contributed by atoms with E-state index in [4.69, 9.17) is 0 Å². The lowest BCUT2D eigenvalue weighted by atomic mass is 9.70. The molecular formula is C11H21F2N. The molecule has 1 saturated carbocycles. The molecule has 0 saturated heterocycles. The van der Waals surface area contributed by atoms with Gasteiger partial charge in [0, 0.05) is 18.9 Å². The van der Waals surface area contributed by atoms with E-state index in [-0.39, 0.29) is 30.2 Å². The van der Waals surface area contributed by atoms with Crippen molar-refractivity contribution in [2.75, 3.05) is 7.05 Å². The molecule has 1 fully saturated rings. The Balaban J connectivity index is 2.71. The van der Waals surface area contributed by atoms with Gasteiger partial charge >= 0.3 is 0 Å². The van der Waals surface area contributed by atoms with Gasteiger partial charge in [-0.1, -0.05) is 20.8 Å². The summed E-state index contributed by atoms with van der Waals surface area (Å²) in [7, 11) is 1.77. The average Bonchev–Trinajstić information content (AvgIpc) is 1.99. The summed E-state index contributed by atoms with van der Waals surface area (Å²) >= 11 is 0. The topological polar surface area (TPSA) is 12.0 Å². The maximum atomic E-state index is 13.4. The zero-order valence-electron chi connectivity index (χ0n) is 9.53. The van der Waals surface area contributed by atoms with Crippen molar-refractivity contribution < 1.29 is 8.78 Å². The summed E-state index contributed by atoms with van der Waals surface area (Å²) in [6, 6.07) is -0.0250. The van der Waals surface area contributed by atoms with Crippen molar-refractivity contribution in [3.63, 3.8) is 0 Å². The monoisotopic (exact) mass is 205 g/mol. The molecule has 3 heteroatoms. The number of hydrogen-bond acceptors (Lipinski definition) is 1. The predicted molar refractivity (Wildman–Crippen MR) is 54.6 cm³/mol. The second-order valence-corrected chi connectivity index (χ2v) is 5.55. The highest BCUT2D eigenvalue weighted by atomic mass is 19.3. The van der Waals surface area contributed by atoms with Crippen LogP contribution in [0.2, 0.25) is 0 Å². The Labute approximate surface area is 85.3 Å². The van der Waals surface area contributed by atoms with Gasteiger partial charge in [0.25, 0.3) is 0 Å². The molecule has 2 atom stereocenters. The third-order valence-electron chi connectivity index (χ3n) is 3.29. The molecule has 1 aliphatic carbocycles. The molecule has 0 aromatic carbocycles. The van der Waals surface area contributed by atoms with Gasteiger partial charge in [-0.2, -0.15) is 0 Å². The quantitative estimate of drug-likeness (QED) is 0.693. The first-order valence-electron chi connectivity index (χ1n) is 5.30. The summed E-state index contributed by atoms with van der Waals surface area (Å²) in [5, 5.41) is 2.98. The molecule has 0 aromatic rings. The first-order valence-corrected chi connectivity index (χ1v) is 5.30. The minimum atomic E-state index is -2.48. The summed E-state index contributed by atoms with van der Waals surface area (Å²) < 4.78 is 26.8. The van der Waals surface area contributed by atoms with Crippen molar-refractivity contribution in [2.24, 2.45) is 11.3 Å². The van der Waals surface area contributed by atoms with Crippen LogP contribution in [0.3, 0.4) is 0 Å². The number of rotatable bonds is 1. The van der Waals surface area contributed by atoms with Crippen molar-refractivity contribution >= 4 is 0 Å². The van der Waals surface area contributed by atoms with Gasteiger partial charge in [-0.05, 0) is 24.8 Å². The van der Waals surface area contributed by atoms with Gasteiger partial charge in [-0.3, -0.25) is 0 Å². The molecule has 84 valence electrons. The van der Waals surface area contributed by atoms with Crippen LogP contribution >= 0.6 is 0 Å². The van der Waals surface area contributed by atoms with Crippen LogP contribution in [0, 0.1) is 11.3 Å². The van der Waals surface area contributed by atoms with E-state index in [9.17, 15) is 8.78 Å². The Hall–Kier alpha value is -0.180. The van der Waals surface area contributed by atoms with Crippen molar-refractivity contribution in [3.8, 4) is 0 Å². The van der Waals surface area contributed by atoms with Crippen molar-refractivity contribution in [1.29, 1.82) is 0 Å². The van der Waals surface area contributed by atoms with E-state index in [1.165, 1.54) is 0 Å². The summed E-state index contributed by atoms with van der Waals surface area (Å²) in [5.41, 5.74) is -0.0149. The van der Waals surface area contributed by atoms with Crippen molar-refractivity contribution in [3.05, 3.63) is 0 Å². The van der Waals surface area contributed by atoms with Gasteiger partial charge in [-0.15, -0.1) is 0 Å². The zero-order chi connectivity index (χ0) is 11.0. The summed E-state index contributed by atoms with van der Waals surface area (Å²) in [5.74, 6) is -2.37. The lowest BCUT2D eigenvalue weighted by Crippen LogP contribution is -2.44. The Morgan fingerprint density at radius 2 is 1.79 bits per heavy atom. The minimum absolute atomic E-state index is 0.00389. The summed E-state index contributed by atoms with van der Waals surface area (Å²) in [4.78, 5) is 0. The normalized spacial score (nSPS) is 33.0. The SMILES string of the molecule is CNC1CC(C(C)(C)C)CC(F)(F)C1. The minimum Gasteiger partial charge on any atom is -0.317 e. The molecule has 0 aliphatic heterocycles. The van der Waals surface area contributed by atoms with E-state index in [1.54, 1.807) is 7.05 Å². The standard InChI is InChI=1S/C11H21F2N/c1-10(2,3)8-5-9(14-4)7-11(12,13)6-8/h8-9,14H,5-7H2,1-4H3. The molecule has 0 heterocycles. The van der Waals surface area contributed by atoms with Gasteiger partial charge in [0.05, 0.1) is 0 Å². The van der Waals surface area contributed by atoms with Crippen LogP contribution in [0.15, 0.2) is 0 Å². The molecule has 0 aromatic heterocycles. The predicted octanol–water partition coefficient (Wildman–Crippen LogP) is 3.06. The second kappa shape index (κ2) is 3.76. The van der Waals surface area contributed by atoms with E-state index < -0.39 is 5.92 Å². The highest BCUT2D eigenvalue weighted by Crippen LogP contribution is 2.44. The van der Waals surface area contributed by atoms with Gasteiger partial charge in [-0.25, -0.2) is 8.78 Å². The van der Waals surface area contributed by atoms with Gasteiger partial charge < -0.3 is 5.32 Å². The Morgan fingerprint density at radius 1 is 1.21 bits per heavy atom. The molecule has 0 spiro atoms. The van der Waals surface area contributed by atoms with Gasteiger partial charge in [0.15, 0.2) is 0 Å². The van der Waals surface area contributed by atoms with Crippen LogP contribution in [-0.4, -0.2) is 19.0 Å². The molecule has 1 aliphatic rings. The molecule has 0 bridgehead atoms. The molecule has 0 radical (unpaired) electrons. The zero-order valence-corrected chi connectivity index (χ0v) is 9.53. The highest BCUT2D eigenvalue weighted by Gasteiger charge is 2.44. The van der Waals surface area contributed by atoms with E-state index in [2.05, 4.69) is 5.32 Å². The van der Waals surface area contributed by atoms with Crippen molar-refractivity contribution in [1.82, 2.24) is 5.32 Å². The first kappa shape index (κ1) is 11.9. The van der Waals surface area contributed by atoms with Gasteiger partial charge in [0.2, 0.25) is 5.92 Å². The highest BCUT2D eigenvalue weighted by molar-refractivity contribution is 4.91. The number of halogens is 2. The largest absolute Gasteiger partial charge is 0.317 e. The Kier molecular flexibility index (Phi) is 3.20. The van der Waals surface area contributed by atoms with E-state index in [1.807, 2.05) is 20.8 Å². The molecule has 14 heavy (non-hydrogen) atoms. The van der Waals surface area contributed by atoms with E-state index in [0.29, 0.717) is 0 Å². The maximum absolute atomic E-state index is 13.4. The van der Waals surface area contributed by atoms with Crippen LogP contribution < -0.4 is 5.32 Å². The summed E-state index contributed by atoms with van der Waals surface area (Å²) in [6.45, 7) is 6.14. The number of alkyl halides is 2. The van der Waals surface area contributed by atoms with E-state index in [0.717, 1.165) is 6.42 Å². The van der Waals surface area contributed by atoms with Crippen LogP contribution in [0.4, 0.5) is 8.78 Å². The first-order chi connectivity index (χ1) is 6.24. The lowest BCUT2D eigenvalue weighted by Gasteiger charge is -2.41. The van der Waals surface area contributed by atoms with Crippen LogP contribution in [-0.2, 0) is 0 Å². The molecule has 2 unspecified atom stereocenters. The average molecular weight is 205 g/mol. The fraction of sp³-hybridized carbons (Fsp3) is 1.00. The lowest BCUT2D eigenvalue weighted by molar-refractivity contribution is -0.0807. The fourth-order valence-electron chi connectivity index (χ4n) is 2.19. The third-order valence-corrected chi connectivity index (χ3v) is 3.29.